The molecule has 1 N–H and O–H groups in total. The van der Waals surface area contributed by atoms with Gasteiger partial charge in [0, 0.05) is 24.2 Å². The van der Waals surface area contributed by atoms with E-state index in [-0.39, 0.29) is 19.1 Å². The molecule has 4 nitrogen and oxygen atoms in total. The van der Waals surface area contributed by atoms with Gasteiger partial charge >= 0.3 is 0 Å². The van der Waals surface area contributed by atoms with Crippen LogP contribution in [0.25, 0.3) is 0 Å². The first-order valence-corrected chi connectivity index (χ1v) is 7.73. The molecule has 1 amide bonds. The summed E-state index contributed by atoms with van der Waals surface area (Å²) >= 11 is 9.35. The highest BCUT2D eigenvalue weighted by atomic mass is 79.9. The van der Waals surface area contributed by atoms with Crippen LogP contribution in [-0.4, -0.2) is 42.2 Å². The normalized spacial score (nSPS) is 18.4. The van der Waals surface area contributed by atoms with Gasteiger partial charge in [-0.1, -0.05) is 27.5 Å². The minimum absolute atomic E-state index is 0.00675. The van der Waals surface area contributed by atoms with E-state index in [1.165, 1.54) is 0 Å². The molecule has 0 saturated carbocycles. The molecule has 1 heterocycles. The van der Waals surface area contributed by atoms with E-state index in [2.05, 4.69) is 15.9 Å². The summed E-state index contributed by atoms with van der Waals surface area (Å²) < 4.78 is 6.34. The second-order valence-corrected chi connectivity index (χ2v) is 6.19. The van der Waals surface area contributed by atoms with Crippen molar-refractivity contribution in [2.24, 2.45) is 5.92 Å². The average molecular weight is 363 g/mol. The van der Waals surface area contributed by atoms with Crippen LogP contribution < -0.4 is 4.74 Å². The molecule has 1 aromatic rings. The Morgan fingerprint density at radius 3 is 3.05 bits per heavy atom. The second-order valence-electron chi connectivity index (χ2n) is 4.87. The Kier molecular flexibility index (Phi) is 5.69. The number of amides is 1. The van der Waals surface area contributed by atoms with Crippen molar-refractivity contribution in [2.45, 2.75) is 12.8 Å². The molecule has 1 unspecified atom stereocenters. The van der Waals surface area contributed by atoms with Gasteiger partial charge in [-0.25, -0.2) is 0 Å². The smallest absolute Gasteiger partial charge is 0.260 e. The summed E-state index contributed by atoms with van der Waals surface area (Å²) in [5.74, 6) is 0.874. The lowest BCUT2D eigenvalue weighted by Gasteiger charge is -2.17. The number of likely N-dealkylation sites (tertiary alicyclic amines) is 1. The Hall–Kier alpha value is -0.780. The third kappa shape index (κ3) is 4.11. The molecular formula is C14H17BrClNO3. The molecule has 0 aliphatic carbocycles. The van der Waals surface area contributed by atoms with Crippen molar-refractivity contribution in [3.05, 3.63) is 27.7 Å². The van der Waals surface area contributed by atoms with Crippen LogP contribution in [-0.2, 0) is 4.79 Å². The lowest BCUT2D eigenvalue weighted by Crippen LogP contribution is -2.33. The van der Waals surface area contributed by atoms with Gasteiger partial charge in [-0.15, -0.1) is 0 Å². The van der Waals surface area contributed by atoms with E-state index >= 15 is 0 Å². The third-order valence-corrected chi connectivity index (χ3v) is 4.21. The monoisotopic (exact) mass is 361 g/mol. The van der Waals surface area contributed by atoms with Crippen LogP contribution in [0.3, 0.4) is 0 Å². The summed E-state index contributed by atoms with van der Waals surface area (Å²) in [7, 11) is 0. The Bertz CT molecular complexity index is 483. The van der Waals surface area contributed by atoms with Gasteiger partial charge in [-0.3, -0.25) is 4.79 Å². The highest BCUT2D eigenvalue weighted by Crippen LogP contribution is 2.28. The highest BCUT2D eigenvalue weighted by molar-refractivity contribution is 9.10. The van der Waals surface area contributed by atoms with E-state index in [9.17, 15) is 4.79 Å². The number of rotatable bonds is 5. The quantitative estimate of drug-likeness (QED) is 0.876. The van der Waals surface area contributed by atoms with Gasteiger partial charge in [0.05, 0.1) is 5.02 Å². The topological polar surface area (TPSA) is 49.8 Å². The van der Waals surface area contributed by atoms with E-state index in [0.29, 0.717) is 23.2 Å². The number of hydrogen-bond donors (Lipinski definition) is 1. The average Bonchev–Trinajstić information content (AvgIpc) is 2.86. The highest BCUT2D eigenvalue weighted by Gasteiger charge is 2.25. The molecule has 0 aromatic heterocycles. The van der Waals surface area contributed by atoms with Gasteiger partial charge < -0.3 is 14.7 Å². The van der Waals surface area contributed by atoms with Crippen LogP contribution in [0.5, 0.6) is 5.75 Å². The molecule has 1 aliphatic heterocycles. The zero-order chi connectivity index (χ0) is 14.5. The van der Waals surface area contributed by atoms with Gasteiger partial charge in [0.2, 0.25) is 0 Å². The molecule has 0 radical (unpaired) electrons. The zero-order valence-corrected chi connectivity index (χ0v) is 13.4. The van der Waals surface area contributed by atoms with Crippen LogP contribution in [0.15, 0.2) is 22.7 Å². The number of ether oxygens (including phenoxy) is 1. The third-order valence-electron chi connectivity index (χ3n) is 3.42. The standard InChI is InChI=1S/C14H17BrClNO3/c15-11-1-2-13(12(16)7-11)20-9-14(19)17-5-3-10(8-17)4-6-18/h1-2,7,10,18H,3-6,8-9H2. The largest absolute Gasteiger partial charge is 0.482 e. The first-order chi connectivity index (χ1) is 9.60. The predicted molar refractivity (Wildman–Crippen MR) is 81.0 cm³/mol. The number of benzene rings is 1. The van der Waals surface area contributed by atoms with E-state index in [1.807, 2.05) is 6.07 Å². The van der Waals surface area contributed by atoms with Gasteiger partial charge in [-0.2, -0.15) is 0 Å². The molecule has 2 rings (SSSR count). The molecule has 1 fully saturated rings. The van der Waals surface area contributed by atoms with Crippen molar-refractivity contribution in [2.75, 3.05) is 26.3 Å². The maximum absolute atomic E-state index is 12.0. The number of aliphatic hydroxyl groups is 1. The first kappa shape index (κ1) is 15.6. The van der Waals surface area contributed by atoms with E-state index in [0.717, 1.165) is 23.9 Å². The minimum atomic E-state index is -0.0376. The fourth-order valence-corrected chi connectivity index (χ4v) is 3.03. The van der Waals surface area contributed by atoms with Crippen LogP contribution >= 0.6 is 27.5 Å². The van der Waals surface area contributed by atoms with Crippen molar-refractivity contribution in [1.29, 1.82) is 0 Å². The van der Waals surface area contributed by atoms with Crippen LogP contribution in [0.2, 0.25) is 5.02 Å². The summed E-state index contributed by atoms with van der Waals surface area (Å²) in [6, 6.07) is 5.28. The van der Waals surface area contributed by atoms with E-state index in [1.54, 1.807) is 17.0 Å². The molecule has 20 heavy (non-hydrogen) atoms. The fourth-order valence-electron chi connectivity index (χ4n) is 2.30. The maximum Gasteiger partial charge on any atom is 0.260 e. The SMILES string of the molecule is O=C(COc1ccc(Br)cc1Cl)N1CCC(CCO)C1. The number of hydrogen-bond acceptors (Lipinski definition) is 3. The van der Waals surface area contributed by atoms with Gasteiger partial charge in [0.25, 0.3) is 5.91 Å². The summed E-state index contributed by atoms with van der Waals surface area (Å²) in [6.07, 6.45) is 1.70. The van der Waals surface area contributed by atoms with Crippen molar-refractivity contribution < 1.29 is 14.6 Å². The van der Waals surface area contributed by atoms with Crippen LogP contribution in [0, 0.1) is 5.92 Å². The minimum Gasteiger partial charge on any atom is -0.482 e. The Balaban J connectivity index is 1.83. The zero-order valence-electron chi connectivity index (χ0n) is 11.0. The van der Waals surface area contributed by atoms with Crippen molar-refractivity contribution in [3.63, 3.8) is 0 Å². The molecule has 1 aromatic carbocycles. The number of carbonyl (C=O) groups is 1. The van der Waals surface area contributed by atoms with E-state index < -0.39 is 0 Å². The Labute approximate surface area is 131 Å². The molecule has 0 spiro atoms. The van der Waals surface area contributed by atoms with Crippen LogP contribution in [0.1, 0.15) is 12.8 Å². The summed E-state index contributed by atoms with van der Waals surface area (Å²) in [4.78, 5) is 13.8. The molecule has 1 saturated heterocycles. The van der Waals surface area contributed by atoms with Crippen molar-refractivity contribution >= 4 is 33.4 Å². The van der Waals surface area contributed by atoms with Crippen molar-refractivity contribution in [1.82, 2.24) is 4.90 Å². The first-order valence-electron chi connectivity index (χ1n) is 6.56. The number of halogens is 2. The number of carbonyl (C=O) groups excluding carboxylic acids is 1. The lowest BCUT2D eigenvalue weighted by atomic mass is 10.1. The Morgan fingerprint density at radius 1 is 1.55 bits per heavy atom. The molecule has 1 atom stereocenters. The van der Waals surface area contributed by atoms with Gasteiger partial charge in [0.1, 0.15) is 5.75 Å². The summed E-state index contributed by atoms with van der Waals surface area (Å²) in [6.45, 7) is 1.61. The number of aliphatic hydroxyl groups excluding tert-OH is 1. The van der Waals surface area contributed by atoms with Gasteiger partial charge in [-0.05, 0) is 37.0 Å². The molecule has 6 heteroatoms. The molecular weight excluding hydrogens is 346 g/mol. The molecule has 110 valence electrons. The van der Waals surface area contributed by atoms with Crippen LogP contribution in [0.4, 0.5) is 0 Å². The summed E-state index contributed by atoms with van der Waals surface area (Å²) in [5, 5.41) is 9.39. The second kappa shape index (κ2) is 7.29. The van der Waals surface area contributed by atoms with E-state index in [4.69, 9.17) is 21.4 Å². The van der Waals surface area contributed by atoms with Gasteiger partial charge in [0.15, 0.2) is 6.61 Å². The summed E-state index contributed by atoms with van der Waals surface area (Å²) in [5.41, 5.74) is 0. The Morgan fingerprint density at radius 2 is 2.35 bits per heavy atom. The molecule has 0 bridgehead atoms. The molecule has 1 aliphatic rings. The van der Waals surface area contributed by atoms with Crippen molar-refractivity contribution in [3.8, 4) is 5.75 Å². The predicted octanol–water partition coefficient (Wildman–Crippen LogP) is 2.71. The fraction of sp³-hybridized carbons (Fsp3) is 0.500. The number of nitrogens with zero attached hydrogens (tertiary/aromatic N) is 1. The maximum atomic E-state index is 12.0. The lowest BCUT2D eigenvalue weighted by molar-refractivity contribution is -0.132.